The first-order valence-corrected chi connectivity index (χ1v) is 10.9. The molecule has 0 bridgehead atoms. The van der Waals surface area contributed by atoms with E-state index >= 15 is 0 Å². The van der Waals surface area contributed by atoms with Gasteiger partial charge in [-0.2, -0.15) is 13.2 Å². The van der Waals surface area contributed by atoms with Crippen LogP contribution >= 0.6 is 11.8 Å². The van der Waals surface area contributed by atoms with E-state index in [2.05, 4.69) is 10.6 Å². The van der Waals surface area contributed by atoms with Gasteiger partial charge in [0, 0.05) is 16.7 Å². The normalized spacial score (nSPS) is 12.4. The topological polar surface area (TPSA) is 58.2 Å². The predicted molar refractivity (Wildman–Crippen MR) is 126 cm³/mol. The van der Waals surface area contributed by atoms with Crippen molar-refractivity contribution >= 4 is 41.0 Å². The molecular formula is C25H21F3N2O2S. The molecule has 0 aliphatic carbocycles. The zero-order valence-corrected chi connectivity index (χ0v) is 18.4. The molecule has 0 saturated heterocycles. The van der Waals surface area contributed by atoms with Crippen molar-refractivity contribution in [2.24, 2.45) is 0 Å². The summed E-state index contributed by atoms with van der Waals surface area (Å²) in [6.45, 7) is 1.60. The molecule has 4 nitrogen and oxygen atoms in total. The van der Waals surface area contributed by atoms with Crippen LogP contribution in [0.15, 0.2) is 89.8 Å². The van der Waals surface area contributed by atoms with Gasteiger partial charge in [0.1, 0.15) is 0 Å². The zero-order chi connectivity index (χ0) is 23.8. The molecule has 3 rings (SSSR count). The Balaban J connectivity index is 1.61. The number of nitrogens with one attached hydrogen (secondary N) is 2. The summed E-state index contributed by atoms with van der Waals surface area (Å²) in [5.74, 6) is -0.868. The second-order valence-electron chi connectivity index (χ2n) is 7.05. The molecule has 2 amide bonds. The Morgan fingerprint density at radius 3 is 2.33 bits per heavy atom. The second-order valence-corrected chi connectivity index (χ2v) is 8.47. The van der Waals surface area contributed by atoms with E-state index < -0.39 is 22.9 Å². The van der Waals surface area contributed by atoms with Crippen LogP contribution in [0.1, 0.15) is 18.1 Å². The summed E-state index contributed by atoms with van der Waals surface area (Å²) in [7, 11) is 0. The lowest BCUT2D eigenvalue weighted by atomic mass is 10.1. The number of carbonyl (C=O) groups is 2. The van der Waals surface area contributed by atoms with Crippen molar-refractivity contribution in [3.05, 3.63) is 96.1 Å². The van der Waals surface area contributed by atoms with Gasteiger partial charge in [0.05, 0.1) is 16.5 Å². The molecule has 8 heteroatoms. The van der Waals surface area contributed by atoms with E-state index in [-0.39, 0.29) is 11.6 Å². The van der Waals surface area contributed by atoms with Gasteiger partial charge in [0.15, 0.2) is 0 Å². The Hall–Kier alpha value is -3.52. The molecule has 1 unspecified atom stereocenters. The largest absolute Gasteiger partial charge is 0.418 e. The minimum absolute atomic E-state index is 0.284. The summed E-state index contributed by atoms with van der Waals surface area (Å²) in [5, 5.41) is 4.44. The quantitative estimate of drug-likeness (QED) is 0.307. The molecule has 0 spiro atoms. The maximum absolute atomic E-state index is 13.2. The van der Waals surface area contributed by atoms with Crippen LogP contribution in [0, 0.1) is 0 Å². The lowest BCUT2D eigenvalue weighted by molar-refractivity contribution is -0.137. The third kappa shape index (κ3) is 7.25. The number of benzene rings is 3. The highest BCUT2D eigenvalue weighted by molar-refractivity contribution is 8.00. The number of hydrogen-bond donors (Lipinski definition) is 2. The van der Waals surface area contributed by atoms with Crippen molar-refractivity contribution in [1.29, 1.82) is 0 Å². The summed E-state index contributed by atoms with van der Waals surface area (Å²) in [6.07, 6.45) is -1.45. The fraction of sp³-hybridized carbons (Fsp3) is 0.120. The van der Waals surface area contributed by atoms with Gasteiger partial charge in [0.25, 0.3) is 0 Å². The minimum Gasteiger partial charge on any atom is -0.325 e. The number of carbonyl (C=O) groups excluding carboxylic acids is 2. The molecule has 2 N–H and O–H groups in total. The lowest BCUT2D eigenvalue weighted by Crippen LogP contribution is -2.24. The molecule has 0 heterocycles. The molecular weight excluding hydrogens is 449 g/mol. The van der Waals surface area contributed by atoms with Crippen molar-refractivity contribution in [3.63, 3.8) is 0 Å². The van der Waals surface area contributed by atoms with E-state index in [9.17, 15) is 22.8 Å². The highest BCUT2D eigenvalue weighted by Gasteiger charge is 2.33. The SMILES string of the molecule is CC(Sc1cccc(NC(=O)/C=C/c2ccccc2)c1)C(=O)Nc1ccccc1C(F)(F)F. The highest BCUT2D eigenvalue weighted by atomic mass is 32.2. The molecule has 33 heavy (non-hydrogen) atoms. The fourth-order valence-electron chi connectivity index (χ4n) is 2.90. The molecule has 3 aromatic carbocycles. The number of amides is 2. The van der Waals surface area contributed by atoms with E-state index in [0.29, 0.717) is 10.6 Å². The molecule has 0 radical (unpaired) electrons. The van der Waals surface area contributed by atoms with Gasteiger partial charge in [-0.15, -0.1) is 11.8 Å². The van der Waals surface area contributed by atoms with Crippen molar-refractivity contribution < 1.29 is 22.8 Å². The van der Waals surface area contributed by atoms with Crippen LogP contribution in [0.2, 0.25) is 0 Å². The number of hydrogen-bond acceptors (Lipinski definition) is 3. The first-order chi connectivity index (χ1) is 15.7. The Bertz CT molecular complexity index is 1150. The Morgan fingerprint density at radius 2 is 1.61 bits per heavy atom. The summed E-state index contributed by atoms with van der Waals surface area (Å²) in [4.78, 5) is 25.4. The van der Waals surface area contributed by atoms with Crippen molar-refractivity contribution in [1.82, 2.24) is 0 Å². The molecule has 1 atom stereocenters. The zero-order valence-electron chi connectivity index (χ0n) is 17.6. The Labute approximate surface area is 193 Å². The Kier molecular flexibility index (Phi) is 7.95. The maximum atomic E-state index is 13.2. The lowest BCUT2D eigenvalue weighted by Gasteiger charge is -2.16. The molecule has 0 fully saturated rings. The van der Waals surface area contributed by atoms with Gasteiger partial charge in [0.2, 0.25) is 11.8 Å². The first-order valence-electron chi connectivity index (χ1n) is 10.0. The standard InChI is InChI=1S/C25H21F3N2O2S/c1-17(24(32)30-22-13-6-5-12-21(22)25(26,27)28)33-20-11-7-10-19(16-20)29-23(31)15-14-18-8-3-2-4-9-18/h2-17H,1H3,(H,29,31)(H,30,32)/b15-14+. The summed E-state index contributed by atoms with van der Waals surface area (Å²) >= 11 is 1.17. The van der Waals surface area contributed by atoms with Crippen LogP contribution in [0.3, 0.4) is 0 Å². The van der Waals surface area contributed by atoms with Gasteiger partial charge in [-0.05, 0) is 48.9 Å². The van der Waals surface area contributed by atoms with Crippen molar-refractivity contribution in [2.45, 2.75) is 23.2 Å². The van der Waals surface area contributed by atoms with Crippen LogP contribution in [0.25, 0.3) is 6.08 Å². The summed E-state index contributed by atoms with van der Waals surface area (Å²) < 4.78 is 39.5. The predicted octanol–water partition coefficient (Wildman–Crippen LogP) is 6.48. The number of alkyl halides is 3. The van der Waals surface area contributed by atoms with Gasteiger partial charge in [-0.3, -0.25) is 9.59 Å². The van der Waals surface area contributed by atoms with E-state index in [4.69, 9.17) is 0 Å². The van der Waals surface area contributed by atoms with Crippen LogP contribution < -0.4 is 10.6 Å². The van der Waals surface area contributed by atoms with Gasteiger partial charge in [-0.1, -0.05) is 48.5 Å². The van der Waals surface area contributed by atoms with E-state index in [1.807, 2.05) is 30.3 Å². The summed E-state index contributed by atoms with van der Waals surface area (Å²) in [6, 6.07) is 21.1. The molecule has 0 aromatic heterocycles. The molecule has 0 aliphatic rings. The third-order valence-electron chi connectivity index (χ3n) is 4.50. The van der Waals surface area contributed by atoms with E-state index in [0.717, 1.165) is 11.6 Å². The number of anilines is 2. The average Bonchev–Trinajstić information content (AvgIpc) is 2.78. The minimum atomic E-state index is -4.57. The second kappa shape index (κ2) is 10.9. The molecule has 0 aliphatic heterocycles. The van der Waals surface area contributed by atoms with Gasteiger partial charge < -0.3 is 10.6 Å². The van der Waals surface area contributed by atoms with Gasteiger partial charge in [-0.25, -0.2) is 0 Å². The molecule has 3 aromatic rings. The van der Waals surface area contributed by atoms with Crippen molar-refractivity contribution in [2.75, 3.05) is 10.6 Å². The smallest absolute Gasteiger partial charge is 0.325 e. The monoisotopic (exact) mass is 470 g/mol. The number of rotatable bonds is 7. The van der Waals surface area contributed by atoms with Crippen LogP contribution in [-0.2, 0) is 15.8 Å². The highest BCUT2D eigenvalue weighted by Crippen LogP contribution is 2.35. The molecule has 170 valence electrons. The summed E-state index contributed by atoms with van der Waals surface area (Å²) in [5.41, 5.74) is 0.249. The third-order valence-corrected chi connectivity index (χ3v) is 5.59. The first kappa shape index (κ1) is 24.1. The maximum Gasteiger partial charge on any atom is 0.418 e. The van der Waals surface area contributed by atoms with Crippen LogP contribution in [0.5, 0.6) is 0 Å². The Morgan fingerprint density at radius 1 is 0.909 bits per heavy atom. The van der Waals surface area contributed by atoms with Crippen LogP contribution in [-0.4, -0.2) is 17.1 Å². The molecule has 0 saturated carbocycles. The number of halogens is 3. The van der Waals surface area contributed by atoms with E-state index in [1.54, 1.807) is 37.3 Å². The average molecular weight is 471 g/mol. The van der Waals surface area contributed by atoms with Crippen LogP contribution in [0.4, 0.5) is 24.5 Å². The van der Waals surface area contributed by atoms with E-state index in [1.165, 1.54) is 36.0 Å². The fourth-order valence-corrected chi connectivity index (χ4v) is 3.82. The van der Waals surface area contributed by atoms with Crippen molar-refractivity contribution in [3.8, 4) is 0 Å². The van der Waals surface area contributed by atoms with Gasteiger partial charge >= 0.3 is 6.18 Å². The number of thioether (sulfide) groups is 1. The number of para-hydroxylation sites is 1.